The molecule has 3 rings (SSSR count). The number of thiophene rings is 1. The van der Waals surface area contributed by atoms with Crippen molar-refractivity contribution in [1.82, 2.24) is 4.98 Å². The molecular formula is C16H16N4O2S. The van der Waals surface area contributed by atoms with Gasteiger partial charge < -0.3 is 5.32 Å². The second-order valence-corrected chi connectivity index (χ2v) is 6.58. The molecule has 23 heavy (non-hydrogen) atoms. The molecule has 0 saturated heterocycles. The van der Waals surface area contributed by atoms with Crippen LogP contribution in [0.15, 0.2) is 29.8 Å². The lowest BCUT2D eigenvalue weighted by atomic mass is 9.85. The van der Waals surface area contributed by atoms with Crippen molar-refractivity contribution in [2.75, 3.05) is 5.32 Å². The first-order valence-corrected chi connectivity index (χ1v) is 8.40. The number of allylic oxidation sites excluding steroid dienone is 2. The summed E-state index contributed by atoms with van der Waals surface area (Å²) >= 11 is 1.46. The minimum Gasteiger partial charge on any atom is -0.375 e. The SMILES string of the molecule is N#C/C=C/C1CCCC(Nc2c([N+](=O)[O-])cnc3ccsc23)C1. The van der Waals surface area contributed by atoms with Crippen LogP contribution < -0.4 is 5.32 Å². The number of fused-ring (bicyclic) bond motifs is 1. The van der Waals surface area contributed by atoms with E-state index in [-0.39, 0.29) is 16.7 Å². The molecule has 0 aliphatic heterocycles. The molecule has 7 heteroatoms. The molecule has 2 atom stereocenters. The molecular weight excluding hydrogens is 312 g/mol. The Balaban J connectivity index is 1.87. The summed E-state index contributed by atoms with van der Waals surface area (Å²) in [5, 5.41) is 25.2. The molecule has 1 aliphatic rings. The third-order valence-electron chi connectivity index (χ3n) is 4.16. The summed E-state index contributed by atoms with van der Waals surface area (Å²) in [6.07, 6.45) is 8.75. The fourth-order valence-electron chi connectivity index (χ4n) is 3.10. The lowest BCUT2D eigenvalue weighted by molar-refractivity contribution is -0.384. The van der Waals surface area contributed by atoms with E-state index in [0.717, 1.165) is 35.9 Å². The van der Waals surface area contributed by atoms with Crippen LogP contribution in [0.5, 0.6) is 0 Å². The molecule has 2 aromatic rings. The van der Waals surface area contributed by atoms with Crippen molar-refractivity contribution in [3.8, 4) is 6.07 Å². The first kappa shape index (κ1) is 15.4. The van der Waals surface area contributed by atoms with Gasteiger partial charge in [-0.3, -0.25) is 10.1 Å². The zero-order valence-electron chi connectivity index (χ0n) is 12.4. The van der Waals surface area contributed by atoms with Gasteiger partial charge in [0.15, 0.2) is 0 Å². The second-order valence-electron chi connectivity index (χ2n) is 5.67. The van der Waals surface area contributed by atoms with Gasteiger partial charge in [0.05, 0.1) is 21.2 Å². The highest BCUT2D eigenvalue weighted by molar-refractivity contribution is 7.17. The Labute approximate surface area is 137 Å². The van der Waals surface area contributed by atoms with Gasteiger partial charge in [-0.1, -0.05) is 12.5 Å². The largest absolute Gasteiger partial charge is 0.375 e. The lowest BCUT2D eigenvalue weighted by Crippen LogP contribution is -2.27. The number of nitrogens with zero attached hydrogens (tertiary/aromatic N) is 3. The average molecular weight is 328 g/mol. The smallest absolute Gasteiger partial charge is 0.311 e. The molecule has 6 nitrogen and oxygen atoms in total. The third kappa shape index (κ3) is 3.32. The lowest BCUT2D eigenvalue weighted by Gasteiger charge is -2.28. The third-order valence-corrected chi connectivity index (χ3v) is 5.08. The molecule has 1 N–H and O–H groups in total. The first-order valence-electron chi connectivity index (χ1n) is 7.52. The van der Waals surface area contributed by atoms with Crippen LogP contribution in [0.1, 0.15) is 25.7 Å². The highest BCUT2D eigenvalue weighted by atomic mass is 32.1. The Hall–Kier alpha value is -2.46. The van der Waals surface area contributed by atoms with Crippen molar-refractivity contribution < 1.29 is 4.92 Å². The predicted molar refractivity (Wildman–Crippen MR) is 90.4 cm³/mol. The van der Waals surface area contributed by atoms with Gasteiger partial charge >= 0.3 is 5.69 Å². The van der Waals surface area contributed by atoms with Crippen molar-refractivity contribution in [2.24, 2.45) is 5.92 Å². The topological polar surface area (TPSA) is 91.8 Å². The predicted octanol–water partition coefficient (Wildman–Crippen LogP) is 4.25. The van der Waals surface area contributed by atoms with Crippen LogP contribution in [-0.4, -0.2) is 15.9 Å². The summed E-state index contributed by atoms with van der Waals surface area (Å²) in [5.41, 5.74) is 1.37. The molecule has 0 radical (unpaired) electrons. The molecule has 2 heterocycles. The number of pyridine rings is 1. The second kappa shape index (κ2) is 6.75. The number of hydrogen-bond acceptors (Lipinski definition) is 6. The molecule has 1 aliphatic carbocycles. The van der Waals surface area contributed by atoms with E-state index >= 15 is 0 Å². The van der Waals surface area contributed by atoms with Crippen molar-refractivity contribution >= 4 is 32.9 Å². The van der Waals surface area contributed by atoms with E-state index in [1.807, 2.05) is 23.6 Å². The number of nitrogens with one attached hydrogen (secondary N) is 1. The maximum Gasteiger partial charge on any atom is 0.311 e. The molecule has 0 spiro atoms. The zero-order chi connectivity index (χ0) is 16.2. The van der Waals surface area contributed by atoms with Gasteiger partial charge in [-0.2, -0.15) is 5.26 Å². The van der Waals surface area contributed by atoms with Crippen LogP contribution in [0, 0.1) is 27.4 Å². The quantitative estimate of drug-likeness (QED) is 0.514. The van der Waals surface area contributed by atoms with Crippen molar-refractivity contribution in [3.63, 3.8) is 0 Å². The fourth-order valence-corrected chi connectivity index (χ4v) is 3.95. The van der Waals surface area contributed by atoms with Crippen LogP contribution in [-0.2, 0) is 0 Å². The summed E-state index contributed by atoms with van der Waals surface area (Å²) in [5.74, 6) is 0.348. The Morgan fingerprint density at radius 2 is 2.39 bits per heavy atom. The van der Waals surface area contributed by atoms with E-state index in [4.69, 9.17) is 5.26 Å². The molecule has 2 aromatic heterocycles. The molecule has 0 aromatic carbocycles. The molecule has 0 amide bonds. The van der Waals surface area contributed by atoms with E-state index in [9.17, 15) is 10.1 Å². The molecule has 1 saturated carbocycles. The standard InChI is InChI=1S/C16H16N4O2S/c17-7-2-4-11-3-1-5-12(9-11)19-15-14(20(21)22)10-18-13-6-8-23-16(13)15/h2,4,6,8,10-12H,1,3,5,9H2,(H,18,19)/b4-2+. The van der Waals surface area contributed by atoms with Gasteiger partial charge in [-0.05, 0) is 36.6 Å². The molecule has 2 unspecified atom stereocenters. The number of nitriles is 1. The molecule has 118 valence electrons. The maximum atomic E-state index is 11.3. The van der Waals surface area contributed by atoms with Crippen molar-refractivity contribution in [3.05, 3.63) is 39.9 Å². The summed E-state index contributed by atoms with van der Waals surface area (Å²) < 4.78 is 0.828. The summed E-state index contributed by atoms with van der Waals surface area (Å²) in [4.78, 5) is 15.1. The summed E-state index contributed by atoms with van der Waals surface area (Å²) in [7, 11) is 0. The minimum absolute atomic E-state index is 0.0228. The minimum atomic E-state index is -0.385. The highest BCUT2D eigenvalue weighted by Crippen LogP contribution is 2.37. The first-order chi connectivity index (χ1) is 11.2. The Morgan fingerprint density at radius 3 is 3.17 bits per heavy atom. The number of hydrogen-bond donors (Lipinski definition) is 1. The van der Waals surface area contributed by atoms with Crippen molar-refractivity contribution in [2.45, 2.75) is 31.7 Å². The Morgan fingerprint density at radius 1 is 1.52 bits per heavy atom. The Bertz CT molecular complexity index is 793. The van der Waals surface area contributed by atoms with Crippen molar-refractivity contribution in [1.29, 1.82) is 5.26 Å². The van der Waals surface area contributed by atoms with Gasteiger partial charge in [-0.15, -0.1) is 11.3 Å². The normalized spacial score (nSPS) is 21.3. The zero-order valence-corrected chi connectivity index (χ0v) is 13.3. The van der Waals surface area contributed by atoms with Gasteiger partial charge in [0.25, 0.3) is 0 Å². The van der Waals surface area contributed by atoms with Crippen LogP contribution >= 0.6 is 11.3 Å². The molecule has 1 fully saturated rings. The van der Waals surface area contributed by atoms with Gasteiger partial charge in [0.2, 0.25) is 0 Å². The van der Waals surface area contributed by atoms with E-state index < -0.39 is 0 Å². The maximum absolute atomic E-state index is 11.3. The number of rotatable bonds is 4. The van der Waals surface area contributed by atoms with Crippen LogP contribution in [0.3, 0.4) is 0 Å². The fraction of sp³-hybridized carbons (Fsp3) is 0.375. The summed E-state index contributed by atoms with van der Waals surface area (Å²) in [6, 6.07) is 4.07. The van der Waals surface area contributed by atoms with Gasteiger partial charge in [0, 0.05) is 12.1 Å². The van der Waals surface area contributed by atoms with Gasteiger partial charge in [-0.25, -0.2) is 4.98 Å². The van der Waals surface area contributed by atoms with Crippen LogP contribution in [0.4, 0.5) is 11.4 Å². The Kier molecular flexibility index (Phi) is 4.53. The number of anilines is 1. The van der Waals surface area contributed by atoms with Crippen LogP contribution in [0.25, 0.3) is 10.2 Å². The van der Waals surface area contributed by atoms with E-state index in [1.54, 1.807) is 0 Å². The summed E-state index contributed by atoms with van der Waals surface area (Å²) in [6.45, 7) is 0. The van der Waals surface area contributed by atoms with Gasteiger partial charge in [0.1, 0.15) is 11.9 Å². The molecule has 0 bridgehead atoms. The van der Waals surface area contributed by atoms with E-state index in [0.29, 0.717) is 11.6 Å². The number of nitro groups is 1. The highest BCUT2D eigenvalue weighted by Gasteiger charge is 2.25. The average Bonchev–Trinajstić information content (AvgIpc) is 3.02. The van der Waals surface area contributed by atoms with E-state index in [2.05, 4.69) is 10.3 Å². The van der Waals surface area contributed by atoms with E-state index in [1.165, 1.54) is 23.6 Å². The van der Waals surface area contributed by atoms with Crippen LogP contribution in [0.2, 0.25) is 0 Å². The number of aromatic nitrogens is 1. The monoisotopic (exact) mass is 328 g/mol.